The first-order valence-corrected chi connectivity index (χ1v) is 10.2. The Morgan fingerprint density at radius 3 is 2.58 bits per heavy atom. The Labute approximate surface area is 158 Å². The summed E-state index contributed by atoms with van der Waals surface area (Å²) in [6.45, 7) is 10.3. The lowest BCUT2D eigenvalue weighted by atomic mass is 9.68. The molecule has 2 aliphatic heterocycles. The summed E-state index contributed by atoms with van der Waals surface area (Å²) < 4.78 is 5.46. The van der Waals surface area contributed by atoms with Crippen molar-refractivity contribution in [1.82, 2.24) is 0 Å². The lowest BCUT2D eigenvalue weighted by molar-refractivity contribution is -0.127. The smallest absolute Gasteiger partial charge is 0.352 e. The molecule has 4 nitrogen and oxygen atoms in total. The van der Waals surface area contributed by atoms with Crippen LogP contribution >= 0.6 is 11.3 Å². The van der Waals surface area contributed by atoms with Crippen molar-refractivity contribution in [3.8, 4) is 11.8 Å². The van der Waals surface area contributed by atoms with E-state index in [9.17, 15) is 9.59 Å². The first-order valence-electron chi connectivity index (χ1n) is 9.41. The summed E-state index contributed by atoms with van der Waals surface area (Å²) in [5.74, 6) is 7.17. The molecule has 0 N–H and O–H groups in total. The van der Waals surface area contributed by atoms with Crippen molar-refractivity contribution in [2.24, 2.45) is 17.3 Å². The van der Waals surface area contributed by atoms with E-state index in [1.807, 2.05) is 0 Å². The number of rotatable bonds is 0. The van der Waals surface area contributed by atoms with E-state index in [0.717, 1.165) is 35.4 Å². The normalized spacial score (nSPS) is 30.1. The Bertz CT molecular complexity index is 851. The molecule has 138 valence electrons. The minimum Gasteiger partial charge on any atom is -0.437 e. The van der Waals surface area contributed by atoms with Crippen LogP contribution in [0.25, 0.3) is 0 Å². The Balaban J connectivity index is 1.94. The number of anilines is 1. The number of nitrogens with zero attached hydrogens (tertiary/aromatic N) is 1. The second-order valence-electron chi connectivity index (χ2n) is 8.87. The number of amides is 1. The zero-order chi connectivity index (χ0) is 18.8. The summed E-state index contributed by atoms with van der Waals surface area (Å²) in [5, 5.41) is 0. The van der Waals surface area contributed by atoms with E-state index in [-0.39, 0.29) is 29.1 Å². The third-order valence-electron chi connectivity index (χ3n) is 5.58. The molecule has 0 saturated heterocycles. The molecule has 0 spiro atoms. The molecule has 4 rings (SSSR count). The van der Waals surface area contributed by atoms with Gasteiger partial charge in [0.25, 0.3) is 0 Å². The van der Waals surface area contributed by atoms with E-state index >= 15 is 0 Å². The summed E-state index contributed by atoms with van der Waals surface area (Å²) in [6, 6.07) is 0. The molecule has 0 bridgehead atoms. The zero-order valence-electron chi connectivity index (χ0n) is 16.0. The van der Waals surface area contributed by atoms with Gasteiger partial charge in [-0.2, -0.15) is 0 Å². The van der Waals surface area contributed by atoms with E-state index in [4.69, 9.17) is 4.74 Å². The molecule has 26 heavy (non-hydrogen) atoms. The van der Waals surface area contributed by atoms with Crippen LogP contribution in [-0.2, 0) is 9.53 Å². The third-order valence-corrected chi connectivity index (χ3v) is 6.67. The van der Waals surface area contributed by atoms with Crippen LogP contribution in [0.2, 0.25) is 0 Å². The number of esters is 1. The van der Waals surface area contributed by atoms with Crippen LogP contribution in [0.4, 0.5) is 5.69 Å². The lowest BCUT2D eigenvalue weighted by Crippen LogP contribution is -2.52. The van der Waals surface area contributed by atoms with Crippen molar-refractivity contribution in [1.29, 1.82) is 0 Å². The highest BCUT2D eigenvalue weighted by molar-refractivity contribution is 7.15. The number of fused-ring (bicyclic) bond motifs is 2. The van der Waals surface area contributed by atoms with Crippen molar-refractivity contribution in [2.45, 2.75) is 66.0 Å². The largest absolute Gasteiger partial charge is 0.437 e. The average molecular weight is 372 g/mol. The van der Waals surface area contributed by atoms with Crippen LogP contribution in [0, 0.1) is 29.1 Å². The summed E-state index contributed by atoms with van der Waals surface area (Å²) >= 11 is 1.40. The fourth-order valence-corrected chi connectivity index (χ4v) is 5.50. The molecule has 1 amide bonds. The molecule has 0 aromatic carbocycles. The van der Waals surface area contributed by atoms with Crippen molar-refractivity contribution in [3.63, 3.8) is 0 Å². The quantitative estimate of drug-likeness (QED) is 0.497. The Morgan fingerprint density at radius 1 is 1.15 bits per heavy atom. The van der Waals surface area contributed by atoms with Crippen LogP contribution in [-0.4, -0.2) is 18.1 Å². The van der Waals surface area contributed by atoms with Gasteiger partial charge in [-0.1, -0.05) is 18.8 Å². The molecular formula is C21H25NO3S. The van der Waals surface area contributed by atoms with Gasteiger partial charge in [-0.3, -0.25) is 9.69 Å². The van der Waals surface area contributed by atoms with Crippen LogP contribution in [0.1, 0.15) is 79.9 Å². The van der Waals surface area contributed by atoms with Gasteiger partial charge in [-0.25, -0.2) is 4.79 Å². The van der Waals surface area contributed by atoms with Crippen molar-refractivity contribution in [2.75, 3.05) is 4.90 Å². The molecule has 3 aliphatic rings. The monoisotopic (exact) mass is 371 g/mol. The Morgan fingerprint density at radius 2 is 1.88 bits per heavy atom. The van der Waals surface area contributed by atoms with E-state index in [1.165, 1.54) is 11.3 Å². The molecule has 1 aromatic rings. The van der Waals surface area contributed by atoms with Crippen LogP contribution in [0.5, 0.6) is 0 Å². The number of thiophene rings is 1. The Kier molecular flexibility index (Phi) is 3.96. The summed E-state index contributed by atoms with van der Waals surface area (Å²) in [5.41, 5.74) is 1.80. The zero-order valence-corrected chi connectivity index (χ0v) is 16.8. The predicted molar refractivity (Wildman–Crippen MR) is 102 cm³/mol. The molecule has 1 fully saturated rings. The van der Waals surface area contributed by atoms with E-state index in [1.54, 1.807) is 11.8 Å². The second kappa shape index (κ2) is 5.85. The number of hydrogen-bond donors (Lipinski definition) is 0. The first kappa shape index (κ1) is 17.6. The van der Waals surface area contributed by atoms with Gasteiger partial charge in [-0.05, 0) is 58.8 Å². The first-order chi connectivity index (χ1) is 12.2. The van der Waals surface area contributed by atoms with Gasteiger partial charge < -0.3 is 4.74 Å². The molecule has 3 heterocycles. The van der Waals surface area contributed by atoms with Crippen molar-refractivity contribution >= 4 is 28.9 Å². The molecule has 4 atom stereocenters. The maximum Gasteiger partial charge on any atom is 0.352 e. The van der Waals surface area contributed by atoms with E-state index in [0.29, 0.717) is 10.8 Å². The highest BCUT2D eigenvalue weighted by Crippen LogP contribution is 2.54. The van der Waals surface area contributed by atoms with Gasteiger partial charge in [0.05, 0.1) is 10.6 Å². The molecule has 1 unspecified atom stereocenters. The molecular weight excluding hydrogens is 346 g/mol. The average Bonchev–Trinajstić information content (AvgIpc) is 2.91. The summed E-state index contributed by atoms with van der Waals surface area (Å²) in [4.78, 5) is 28.9. The van der Waals surface area contributed by atoms with Crippen molar-refractivity contribution in [3.05, 3.63) is 15.3 Å². The molecule has 1 saturated carbocycles. The molecule has 1 aliphatic carbocycles. The fourth-order valence-electron chi connectivity index (χ4n) is 4.40. The maximum absolute atomic E-state index is 13.2. The van der Waals surface area contributed by atoms with Gasteiger partial charge in [-0.15, -0.1) is 11.3 Å². The van der Waals surface area contributed by atoms with Gasteiger partial charge in [0.15, 0.2) is 6.23 Å². The number of hydrogen-bond acceptors (Lipinski definition) is 4. The SMILES string of the molecule is CC1OC(=O)c2sc(C#CC(C)(C)C)c3c2N1C(=O)[C@H]1CC[C@H](C)C[C@H]31. The van der Waals surface area contributed by atoms with E-state index < -0.39 is 6.23 Å². The highest BCUT2D eigenvalue weighted by atomic mass is 32.1. The van der Waals surface area contributed by atoms with Gasteiger partial charge in [0.2, 0.25) is 5.91 Å². The van der Waals surface area contributed by atoms with Crippen molar-refractivity contribution < 1.29 is 14.3 Å². The summed E-state index contributed by atoms with van der Waals surface area (Å²) in [7, 11) is 0. The number of ether oxygens (including phenoxy) is 1. The third kappa shape index (κ3) is 2.66. The van der Waals surface area contributed by atoms with Crippen LogP contribution in [0.3, 0.4) is 0 Å². The predicted octanol–water partition coefficient (Wildman–Crippen LogP) is 4.53. The molecule has 5 heteroatoms. The topological polar surface area (TPSA) is 46.6 Å². The fraction of sp³-hybridized carbons (Fsp3) is 0.619. The van der Waals surface area contributed by atoms with Crippen LogP contribution < -0.4 is 4.90 Å². The molecule has 0 radical (unpaired) electrons. The second-order valence-corrected chi connectivity index (χ2v) is 9.89. The number of carbonyl (C=O) groups excluding carboxylic acids is 2. The highest BCUT2D eigenvalue weighted by Gasteiger charge is 2.50. The lowest BCUT2D eigenvalue weighted by Gasteiger charge is -2.45. The number of carbonyl (C=O) groups is 2. The molecule has 1 aromatic heterocycles. The minimum absolute atomic E-state index is 0.0180. The summed E-state index contributed by atoms with van der Waals surface area (Å²) in [6.07, 6.45) is 2.42. The maximum atomic E-state index is 13.2. The van der Waals surface area contributed by atoms with Gasteiger partial charge in [0, 0.05) is 16.9 Å². The Hall–Kier alpha value is -1.80. The van der Waals surface area contributed by atoms with Gasteiger partial charge in [0.1, 0.15) is 4.88 Å². The minimum atomic E-state index is -0.542. The van der Waals surface area contributed by atoms with Gasteiger partial charge >= 0.3 is 5.97 Å². The number of cyclic esters (lactones) is 1. The standard InChI is InChI=1S/C21H25NO3S/c1-11-6-7-13-14(10-11)16-15(8-9-21(3,4)5)26-18-17(16)22(19(13)23)12(2)25-20(18)24/h11-14H,6-7,10H2,1-5H3/t11-,12?,13-,14-/m0/s1. The van der Waals surface area contributed by atoms with Crippen LogP contribution in [0.15, 0.2) is 0 Å². The van der Waals surface area contributed by atoms with E-state index in [2.05, 4.69) is 39.5 Å².